The molecular formula is C27H34Cl2NSiZr. The number of hydrogen-bond donors (Lipinski definition) is 1. The Hall–Kier alpha value is -0.730. The number of nitrogens with one attached hydrogen (secondary N) is 1. The first-order chi connectivity index (χ1) is 13.5. The first-order valence-electron chi connectivity index (χ1n) is 10.5. The molecule has 4 aromatic rings. The summed E-state index contributed by atoms with van der Waals surface area (Å²) in [5.41, 5.74) is 4.17. The molecule has 0 aliphatic carbocycles. The molecule has 0 unspecified atom stereocenters. The molecule has 0 saturated carbocycles. The number of aromatic nitrogens is 1. The van der Waals surface area contributed by atoms with Crippen LogP contribution in [-0.2, 0) is 37.0 Å². The topological polar surface area (TPSA) is 15.8 Å². The zero-order valence-corrected chi connectivity index (χ0v) is 25.4. The van der Waals surface area contributed by atoms with Gasteiger partial charge in [-0.05, 0) is 10.8 Å². The molecule has 1 nitrogen and oxygen atoms in total. The molecule has 1 N–H and O–H groups in total. The molecule has 1 radical (unpaired) electrons. The van der Waals surface area contributed by atoms with Gasteiger partial charge in [-0.1, -0.05) is 78.4 Å². The van der Waals surface area contributed by atoms with Gasteiger partial charge < -0.3 is 29.8 Å². The second kappa shape index (κ2) is 12.1. The van der Waals surface area contributed by atoms with Crippen molar-refractivity contribution < 1.29 is 51.0 Å². The van der Waals surface area contributed by atoms with Gasteiger partial charge in [0.2, 0.25) is 0 Å². The molecule has 0 fully saturated rings. The predicted octanol–water partition coefficient (Wildman–Crippen LogP) is 1.09. The minimum atomic E-state index is -0.273. The van der Waals surface area contributed by atoms with Crippen LogP contribution in [0, 0.1) is 6.20 Å². The molecule has 0 aliphatic rings. The van der Waals surface area contributed by atoms with Crippen LogP contribution < -0.4 is 30.0 Å². The molecule has 0 amide bonds. The van der Waals surface area contributed by atoms with Crippen LogP contribution >= 0.6 is 0 Å². The van der Waals surface area contributed by atoms with Crippen molar-refractivity contribution in [3.63, 3.8) is 0 Å². The standard InChI is InChI=1S/C16H22N.C11H12Si.2ClH.Zr/c1-15(2,3)11-8-7-9-13-14(11)12(10-17-13)16(4,5)6;1-12(2)11-7-9-5-3-4-6-10(9)8-11;;;/h7-9,17H,1-6H3;3-8H,1-2H3;2*1H;/q2*-1;;;+4/p-2. The van der Waals surface area contributed by atoms with Crippen LogP contribution in [0.1, 0.15) is 52.7 Å². The summed E-state index contributed by atoms with van der Waals surface area (Å²) in [7, 11) is -0.273. The third kappa shape index (κ3) is 7.13. The fraction of sp³-hybridized carbons (Fsp3) is 0.370. The molecule has 1 heterocycles. The fourth-order valence-electron chi connectivity index (χ4n) is 3.74. The van der Waals surface area contributed by atoms with E-state index in [1.165, 1.54) is 32.8 Å². The Morgan fingerprint density at radius 2 is 1.47 bits per heavy atom. The van der Waals surface area contributed by atoms with Crippen molar-refractivity contribution >= 4 is 35.7 Å². The van der Waals surface area contributed by atoms with Gasteiger partial charge in [0.1, 0.15) is 0 Å². The summed E-state index contributed by atoms with van der Waals surface area (Å²) in [6.07, 6.45) is 3.34. The number of rotatable bonds is 1. The Bertz CT molecular complexity index is 1080. The van der Waals surface area contributed by atoms with Crippen molar-refractivity contribution in [2.45, 2.75) is 65.5 Å². The van der Waals surface area contributed by atoms with E-state index in [1.54, 1.807) is 5.19 Å². The normalized spacial score (nSPS) is 11.3. The van der Waals surface area contributed by atoms with E-state index in [0.29, 0.717) is 0 Å². The number of fused-ring (bicyclic) bond motifs is 2. The van der Waals surface area contributed by atoms with Gasteiger partial charge >= 0.3 is 26.2 Å². The Morgan fingerprint density at radius 1 is 0.844 bits per heavy atom. The molecule has 3 aromatic carbocycles. The minimum absolute atomic E-state index is 0. The van der Waals surface area contributed by atoms with Crippen LogP contribution in [-0.4, -0.2) is 13.8 Å². The van der Waals surface area contributed by atoms with Crippen LogP contribution in [0.3, 0.4) is 0 Å². The van der Waals surface area contributed by atoms with Crippen molar-refractivity contribution in [1.29, 1.82) is 0 Å². The zero-order valence-electron chi connectivity index (χ0n) is 20.5. The zero-order chi connectivity index (χ0) is 21.4. The Labute approximate surface area is 227 Å². The van der Waals surface area contributed by atoms with Crippen molar-refractivity contribution in [2.24, 2.45) is 0 Å². The first kappa shape index (κ1) is 31.3. The summed E-state index contributed by atoms with van der Waals surface area (Å²) in [6, 6.07) is 19.7. The smallest absolute Gasteiger partial charge is 1.00 e. The van der Waals surface area contributed by atoms with Crippen LogP contribution in [0.25, 0.3) is 21.7 Å². The summed E-state index contributed by atoms with van der Waals surface area (Å²) in [6.45, 7) is 18.2. The molecule has 0 atom stereocenters. The van der Waals surface area contributed by atoms with Crippen molar-refractivity contribution in [1.82, 2.24) is 4.98 Å². The maximum atomic E-state index is 3.34. The molecule has 0 bridgehead atoms. The van der Waals surface area contributed by atoms with E-state index in [1.807, 2.05) is 0 Å². The summed E-state index contributed by atoms with van der Waals surface area (Å²) >= 11 is 0. The Morgan fingerprint density at radius 3 is 2.00 bits per heavy atom. The third-order valence-corrected chi connectivity index (χ3v) is 6.83. The van der Waals surface area contributed by atoms with E-state index in [0.717, 1.165) is 0 Å². The van der Waals surface area contributed by atoms with Crippen LogP contribution in [0.4, 0.5) is 0 Å². The van der Waals surface area contributed by atoms with Gasteiger partial charge in [-0.15, -0.1) is 58.4 Å². The maximum absolute atomic E-state index is 3.34. The average molecular weight is 563 g/mol. The molecule has 169 valence electrons. The van der Waals surface area contributed by atoms with Gasteiger partial charge in [-0.25, -0.2) is 0 Å². The van der Waals surface area contributed by atoms with Crippen molar-refractivity contribution in [2.75, 3.05) is 0 Å². The molecular weight excluding hydrogens is 529 g/mol. The molecule has 32 heavy (non-hydrogen) atoms. The van der Waals surface area contributed by atoms with Gasteiger partial charge in [0.15, 0.2) is 0 Å². The van der Waals surface area contributed by atoms with Crippen molar-refractivity contribution in [3.05, 3.63) is 71.9 Å². The molecule has 5 heteroatoms. The van der Waals surface area contributed by atoms with Gasteiger partial charge in [0, 0.05) is 0 Å². The van der Waals surface area contributed by atoms with Crippen molar-refractivity contribution in [3.8, 4) is 0 Å². The van der Waals surface area contributed by atoms with Gasteiger partial charge in [-0.2, -0.15) is 16.6 Å². The fourth-order valence-corrected chi connectivity index (χ4v) is 4.63. The molecule has 1 aromatic heterocycles. The number of hydrogen-bond acceptors (Lipinski definition) is 0. The Balaban J connectivity index is 0.000000573. The van der Waals surface area contributed by atoms with E-state index in [9.17, 15) is 0 Å². The average Bonchev–Trinajstić information content (AvgIpc) is 3.25. The second-order valence-electron chi connectivity index (χ2n) is 10.2. The molecule has 4 rings (SSSR count). The third-order valence-electron chi connectivity index (χ3n) is 5.39. The maximum Gasteiger partial charge on any atom is 4.00 e. The van der Waals surface area contributed by atoms with Crippen LogP contribution in [0.2, 0.25) is 13.1 Å². The van der Waals surface area contributed by atoms with E-state index in [2.05, 4.69) is 120 Å². The number of benzene rings is 2. The molecule has 0 spiro atoms. The minimum Gasteiger partial charge on any atom is -1.00 e. The van der Waals surface area contributed by atoms with E-state index in [4.69, 9.17) is 0 Å². The van der Waals surface area contributed by atoms with Gasteiger partial charge in [-0.3, -0.25) is 0 Å². The Kier molecular flexibility index (Phi) is 11.8. The van der Waals surface area contributed by atoms with E-state index in [-0.39, 0.29) is 70.6 Å². The molecule has 0 aliphatic heterocycles. The second-order valence-corrected chi connectivity index (χ2v) is 12.8. The number of aromatic amines is 1. The largest absolute Gasteiger partial charge is 4.00 e. The number of H-pyrrole nitrogens is 1. The summed E-state index contributed by atoms with van der Waals surface area (Å²) < 4.78 is 0. The summed E-state index contributed by atoms with van der Waals surface area (Å²) in [5.74, 6) is 0. The SMILES string of the molecule is CC(C)(C)c1[c-][nH]c2cccc(C(C)(C)C)c12.C[Si](C)c1cc2ccccc2[cH-]1.[Cl-].[Cl-].[Zr+4]. The van der Waals surface area contributed by atoms with E-state index >= 15 is 0 Å². The summed E-state index contributed by atoms with van der Waals surface area (Å²) in [5, 5.41) is 5.67. The first-order valence-corrected chi connectivity index (χ1v) is 13.0. The van der Waals surface area contributed by atoms with Gasteiger partial charge in [0.25, 0.3) is 0 Å². The van der Waals surface area contributed by atoms with Crippen LogP contribution in [0.5, 0.6) is 0 Å². The molecule has 0 saturated heterocycles. The number of halogens is 2. The van der Waals surface area contributed by atoms with Gasteiger partial charge in [0.05, 0.1) is 8.80 Å². The van der Waals surface area contributed by atoms with E-state index < -0.39 is 0 Å². The quantitative estimate of drug-likeness (QED) is 0.264. The predicted molar refractivity (Wildman–Crippen MR) is 131 cm³/mol. The van der Waals surface area contributed by atoms with Crippen LogP contribution in [0.15, 0.2) is 54.6 Å². The monoisotopic (exact) mass is 560 g/mol. The summed E-state index contributed by atoms with van der Waals surface area (Å²) in [4.78, 5) is 3.28.